The molecule has 1 aromatic rings. The number of fused-ring (bicyclic) bond motifs is 1. The smallest absolute Gasteiger partial charge is 0.300 e. The van der Waals surface area contributed by atoms with Crippen molar-refractivity contribution in [3.63, 3.8) is 0 Å². The molecule has 2 saturated heterocycles. The Kier molecular flexibility index (Phi) is 5.52. The fourth-order valence-corrected chi connectivity index (χ4v) is 5.68. The zero-order valence-corrected chi connectivity index (χ0v) is 16.2. The maximum atomic E-state index is 12.7. The Morgan fingerprint density at radius 2 is 1.81 bits per heavy atom. The first-order valence-electron chi connectivity index (χ1n) is 10.5. The van der Waals surface area contributed by atoms with E-state index in [-0.39, 0.29) is 0 Å². The second-order valence-corrected chi connectivity index (χ2v) is 8.94. The summed E-state index contributed by atoms with van der Waals surface area (Å²) in [6.45, 7) is 5.13. The Morgan fingerprint density at radius 1 is 1.04 bits per heavy atom. The second kappa shape index (κ2) is 7.75. The van der Waals surface area contributed by atoms with Gasteiger partial charge in [-0.05, 0) is 74.5 Å². The van der Waals surface area contributed by atoms with E-state index in [0.717, 1.165) is 25.8 Å². The second-order valence-electron chi connectivity index (χ2n) is 8.94. The van der Waals surface area contributed by atoms with Crippen LogP contribution < -0.4 is 0 Å². The summed E-state index contributed by atoms with van der Waals surface area (Å²) >= 11 is 0. The van der Waals surface area contributed by atoms with Crippen LogP contribution in [0, 0.1) is 11.8 Å². The third-order valence-electron chi connectivity index (χ3n) is 7.12. The summed E-state index contributed by atoms with van der Waals surface area (Å²) in [4.78, 5) is 4.19. The van der Waals surface area contributed by atoms with Gasteiger partial charge in [0.1, 0.15) is 0 Å². The molecule has 150 valence electrons. The van der Waals surface area contributed by atoms with Crippen molar-refractivity contribution in [2.75, 3.05) is 32.7 Å². The standard InChI is InChI=1S/C22H31F3N2/c1-16-3-2-11-27(16)12-10-17-4-6-18(7-5-17)20-9-8-19-13-26(14-21(19)20)15-22(23,24)25/h4-7,16,19-21H,2-3,8-15H2,1H3. The molecule has 4 atom stereocenters. The van der Waals surface area contributed by atoms with Crippen LogP contribution in [0.4, 0.5) is 13.2 Å². The van der Waals surface area contributed by atoms with Gasteiger partial charge in [-0.2, -0.15) is 13.2 Å². The summed E-state index contributed by atoms with van der Waals surface area (Å²) in [5, 5.41) is 0. The Morgan fingerprint density at radius 3 is 2.48 bits per heavy atom. The largest absolute Gasteiger partial charge is 0.401 e. The molecule has 1 aliphatic carbocycles. The topological polar surface area (TPSA) is 6.48 Å². The van der Waals surface area contributed by atoms with Crippen molar-refractivity contribution in [3.05, 3.63) is 35.4 Å². The molecule has 2 heterocycles. The number of hydrogen-bond acceptors (Lipinski definition) is 2. The minimum absolute atomic E-state index is 0.392. The molecule has 4 unspecified atom stereocenters. The van der Waals surface area contributed by atoms with E-state index >= 15 is 0 Å². The van der Waals surface area contributed by atoms with Crippen molar-refractivity contribution >= 4 is 0 Å². The minimum Gasteiger partial charge on any atom is -0.300 e. The van der Waals surface area contributed by atoms with Crippen LogP contribution in [0.2, 0.25) is 0 Å². The van der Waals surface area contributed by atoms with Crippen molar-refractivity contribution in [3.8, 4) is 0 Å². The highest BCUT2D eigenvalue weighted by Crippen LogP contribution is 2.47. The van der Waals surface area contributed by atoms with Crippen LogP contribution >= 0.6 is 0 Å². The van der Waals surface area contributed by atoms with Crippen molar-refractivity contribution in [1.29, 1.82) is 0 Å². The van der Waals surface area contributed by atoms with E-state index in [9.17, 15) is 13.2 Å². The molecule has 5 heteroatoms. The van der Waals surface area contributed by atoms with E-state index in [0.29, 0.717) is 36.9 Å². The van der Waals surface area contributed by atoms with Gasteiger partial charge in [0.05, 0.1) is 6.54 Å². The lowest BCUT2D eigenvalue weighted by Crippen LogP contribution is -2.33. The number of nitrogens with zero attached hydrogens (tertiary/aromatic N) is 2. The van der Waals surface area contributed by atoms with E-state index in [1.54, 1.807) is 4.90 Å². The Bertz CT molecular complexity index is 627. The molecule has 0 bridgehead atoms. The van der Waals surface area contributed by atoms with Crippen molar-refractivity contribution < 1.29 is 13.2 Å². The highest BCUT2D eigenvalue weighted by atomic mass is 19.4. The summed E-state index contributed by atoms with van der Waals surface area (Å²) in [7, 11) is 0. The number of likely N-dealkylation sites (tertiary alicyclic amines) is 2. The molecule has 0 spiro atoms. The first kappa shape index (κ1) is 19.3. The summed E-state index contributed by atoms with van der Waals surface area (Å²) in [5.74, 6) is 1.26. The fourth-order valence-electron chi connectivity index (χ4n) is 5.68. The highest BCUT2D eigenvalue weighted by Gasteiger charge is 2.45. The molecule has 1 aromatic carbocycles. The van der Waals surface area contributed by atoms with Gasteiger partial charge in [-0.15, -0.1) is 0 Å². The molecular formula is C22H31F3N2. The molecule has 1 saturated carbocycles. The summed E-state index contributed by atoms with van der Waals surface area (Å²) < 4.78 is 38.1. The predicted octanol–water partition coefficient (Wildman–Crippen LogP) is 4.70. The number of benzene rings is 1. The maximum absolute atomic E-state index is 12.7. The summed E-state index contributed by atoms with van der Waals surface area (Å²) in [5.41, 5.74) is 2.70. The zero-order chi connectivity index (χ0) is 19.0. The van der Waals surface area contributed by atoms with Gasteiger partial charge in [0.2, 0.25) is 0 Å². The third kappa shape index (κ3) is 4.51. The number of hydrogen-bond donors (Lipinski definition) is 0. The van der Waals surface area contributed by atoms with E-state index < -0.39 is 12.7 Å². The minimum atomic E-state index is -4.08. The predicted molar refractivity (Wildman–Crippen MR) is 102 cm³/mol. The first-order valence-corrected chi connectivity index (χ1v) is 10.5. The molecule has 2 aliphatic heterocycles. The molecule has 2 nitrogen and oxygen atoms in total. The zero-order valence-electron chi connectivity index (χ0n) is 16.2. The van der Waals surface area contributed by atoms with E-state index in [4.69, 9.17) is 0 Å². The van der Waals surface area contributed by atoms with Crippen molar-refractivity contribution in [2.24, 2.45) is 11.8 Å². The van der Waals surface area contributed by atoms with Gasteiger partial charge in [0.15, 0.2) is 0 Å². The van der Waals surface area contributed by atoms with Crippen molar-refractivity contribution in [1.82, 2.24) is 9.80 Å². The highest BCUT2D eigenvalue weighted by molar-refractivity contribution is 5.28. The van der Waals surface area contributed by atoms with Gasteiger partial charge < -0.3 is 4.90 Å². The lowest BCUT2D eigenvalue weighted by Gasteiger charge is -2.22. The Labute approximate surface area is 160 Å². The van der Waals surface area contributed by atoms with Crippen LogP contribution in [-0.4, -0.2) is 54.7 Å². The van der Waals surface area contributed by atoms with Gasteiger partial charge in [-0.25, -0.2) is 0 Å². The fraction of sp³-hybridized carbons (Fsp3) is 0.727. The third-order valence-corrected chi connectivity index (χ3v) is 7.12. The average molecular weight is 380 g/mol. The molecule has 0 N–H and O–H groups in total. The van der Waals surface area contributed by atoms with Gasteiger partial charge in [-0.3, -0.25) is 4.90 Å². The van der Waals surface area contributed by atoms with Crippen LogP contribution in [0.1, 0.15) is 49.7 Å². The van der Waals surface area contributed by atoms with E-state index in [2.05, 4.69) is 36.1 Å². The first-order chi connectivity index (χ1) is 12.9. The van der Waals surface area contributed by atoms with Gasteiger partial charge in [-0.1, -0.05) is 24.3 Å². The number of rotatable bonds is 5. The number of halogens is 3. The van der Waals surface area contributed by atoms with Crippen LogP contribution in [-0.2, 0) is 6.42 Å². The Balaban J connectivity index is 1.33. The van der Waals surface area contributed by atoms with Gasteiger partial charge in [0.25, 0.3) is 0 Å². The quantitative estimate of drug-likeness (QED) is 0.730. The van der Waals surface area contributed by atoms with E-state index in [1.807, 2.05) is 0 Å². The lowest BCUT2D eigenvalue weighted by atomic mass is 9.86. The molecular weight excluding hydrogens is 349 g/mol. The number of alkyl halides is 3. The van der Waals surface area contributed by atoms with Crippen molar-refractivity contribution in [2.45, 2.75) is 57.2 Å². The maximum Gasteiger partial charge on any atom is 0.401 e. The molecule has 27 heavy (non-hydrogen) atoms. The van der Waals surface area contributed by atoms with E-state index in [1.165, 1.54) is 30.5 Å². The van der Waals surface area contributed by atoms with Crippen LogP contribution in [0.5, 0.6) is 0 Å². The lowest BCUT2D eigenvalue weighted by molar-refractivity contribution is -0.144. The summed E-state index contributed by atoms with van der Waals surface area (Å²) in [6, 6.07) is 9.67. The monoisotopic (exact) mass is 380 g/mol. The average Bonchev–Trinajstić information content (AvgIpc) is 3.28. The molecule has 3 aliphatic rings. The van der Waals surface area contributed by atoms with Gasteiger partial charge >= 0.3 is 6.18 Å². The SMILES string of the molecule is CC1CCCN1CCc1ccc(C2CCC3CN(CC(F)(F)F)CC32)cc1. The van der Waals surface area contributed by atoms with Gasteiger partial charge in [0, 0.05) is 25.7 Å². The van der Waals surface area contributed by atoms with Crippen LogP contribution in [0.15, 0.2) is 24.3 Å². The molecule has 3 fully saturated rings. The van der Waals surface area contributed by atoms with Crippen LogP contribution in [0.3, 0.4) is 0 Å². The molecule has 0 radical (unpaired) electrons. The van der Waals surface area contributed by atoms with Crippen LogP contribution in [0.25, 0.3) is 0 Å². The molecule has 0 aromatic heterocycles. The Hall–Kier alpha value is -1.07. The molecule has 4 rings (SSSR count). The molecule has 0 amide bonds. The summed E-state index contributed by atoms with van der Waals surface area (Å²) in [6.07, 6.45) is 1.83. The normalized spacial score (nSPS) is 32.3.